The Morgan fingerprint density at radius 3 is 2.64 bits per heavy atom. The highest BCUT2D eigenvalue weighted by Gasteiger charge is 2.44. The summed E-state index contributed by atoms with van der Waals surface area (Å²) in [5, 5.41) is 3.05. The number of rotatable bonds is 4. The minimum atomic E-state index is -0.106. The summed E-state index contributed by atoms with van der Waals surface area (Å²) >= 11 is 0. The molecule has 4 heteroatoms. The molecule has 1 fully saturated rings. The average Bonchev–Trinajstić information content (AvgIpc) is 3.24. The summed E-state index contributed by atoms with van der Waals surface area (Å²) in [6.07, 6.45) is 5.92. The van der Waals surface area contributed by atoms with Crippen molar-refractivity contribution in [3.63, 3.8) is 0 Å². The van der Waals surface area contributed by atoms with Crippen LogP contribution in [-0.4, -0.2) is 21.8 Å². The number of benzene rings is 1. The summed E-state index contributed by atoms with van der Waals surface area (Å²) in [6.45, 7) is 0.670. The van der Waals surface area contributed by atoms with Crippen LogP contribution in [0.15, 0.2) is 60.9 Å². The molecule has 0 atom stereocenters. The first kappa shape index (κ1) is 13.1. The molecule has 2 aromatic heterocycles. The van der Waals surface area contributed by atoms with Gasteiger partial charge in [0.25, 0.3) is 5.91 Å². The van der Waals surface area contributed by atoms with Crippen molar-refractivity contribution in [3.8, 4) is 0 Å². The van der Waals surface area contributed by atoms with Crippen LogP contribution in [0.5, 0.6) is 0 Å². The van der Waals surface area contributed by atoms with Crippen molar-refractivity contribution < 1.29 is 4.79 Å². The van der Waals surface area contributed by atoms with Gasteiger partial charge in [-0.1, -0.05) is 36.4 Å². The lowest BCUT2D eigenvalue weighted by atomic mass is 9.96. The smallest absolute Gasteiger partial charge is 0.271 e. The number of hydrogen-bond donors (Lipinski definition) is 1. The topological polar surface area (TPSA) is 46.4 Å². The number of nitrogens with zero attached hydrogens (tertiary/aromatic N) is 2. The van der Waals surface area contributed by atoms with E-state index in [0.717, 1.165) is 18.5 Å². The minimum absolute atomic E-state index is 0.106. The van der Waals surface area contributed by atoms with Gasteiger partial charge in [-0.3, -0.25) is 4.79 Å². The lowest BCUT2D eigenvalue weighted by molar-refractivity contribution is 0.0945. The third-order valence-corrected chi connectivity index (χ3v) is 4.42. The molecule has 2 heterocycles. The number of carbonyl (C=O) groups is 1. The van der Waals surface area contributed by atoms with Gasteiger partial charge >= 0.3 is 0 Å². The highest BCUT2D eigenvalue weighted by Crippen LogP contribution is 2.47. The Hall–Kier alpha value is -2.62. The average molecular weight is 291 g/mol. The molecule has 1 N–H and O–H groups in total. The molecule has 1 aliphatic rings. The van der Waals surface area contributed by atoms with Gasteiger partial charge in [0.05, 0.1) is 0 Å². The number of amides is 1. The number of nitrogens with one attached hydrogen (secondary N) is 1. The molecule has 4 nitrogen and oxygen atoms in total. The molecule has 1 aromatic carbocycles. The predicted molar refractivity (Wildman–Crippen MR) is 84.9 cm³/mol. The van der Waals surface area contributed by atoms with Crippen molar-refractivity contribution in [3.05, 3.63) is 72.2 Å². The number of aromatic nitrogens is 2. The SMILES string of the molecule is O=C(NCC1(c2ccccc2)CC1)c1cn2ccccc2n1. The highest BCUT2D eigenvalue weighted by molar-refractivity contribution is 5.93. The van der Waals surface area contributed by atoms with Gasteiger partial charge in [0.15, 0.2) is 0 Å². The van der Waals surface area contributed by atoms with Crippen molar-refractivity contribution in [1.29, 1.82) is 0 Å². The molecule has 0 aliphatic heterocycles. The quantitative estimate of drug-likeness (QED) is 0.803. The summed E-state index contributed by atoms with van der Waals surface area (Å²) in [4.78, 5) is 16.7. The van der Waals surface area contributed by atoms with E-state index < -0.39 is 0 Å². The number of carbonyl (C=O) groups excluding carboxylic acids is 1. The lowest BCUT2D eigenvalue weighted by Crippen LogP contribution is -2.32. The van der Waals surface area contributed by atoms with Gasteiger partial charge in [-0.05, 0) is 30.5 Å². The monoisotopic (exact) mass is 291 g/mol. The molecule has 0 bridgehead atoms. The van der Waals surface area contributed by atoms with Crippen molar-refractivity contribution in [2.24, 2.45) is 0 Å². The van der Waals surface area contributed by atoms with E-state index in [1.165, 1.54) is 5.56 Å². The molecule has 110 valence electrons. The summed E-state index contributed by atoms with van der Waals surface area (Å²) in [5.74, 6) is -0.106. The van der Waals surface area contributed by atoms with E-state index in [-0.39, 0.29) is 11.3 Å². The van der Waals surface area contributed by atoms with Crippen LogP contribution >= 0.6 is 0 Å². The van der Waals surface area contributed by atoms with Crippen LogP contribution in [0.2, 0.25) is 0 Å². The first-order chi connectivity index (χ1) is 10.8. The van der Waals surface area contributed by atoms with Crippen molar-refractivity contribution in [2.45, 2.75) is 18.3 Å². The molecule has 0 saturated heterocycles. The van der Waals surface area contributed by atoms with Crippen LogP contribution in [0, 0.1) is 0 Å². The van der Waals surface area contributed by atoms with Gasteiger partial charge in [0.1, 0.15) is 11.3 Å². The van der Waals surface area contributed by atoms with Gasteiger partial charge in [-0.15, -0.1) is 0 Å². The van der Waals surface area contributed by atoms with E-state index in [1.54, 1.807) is 6.20 Å². The van der Waals surface area contributed by atoms with Crippen LogP contribution in [0.3, 0.4) is 0 Å². The van der Waals surface area contributed by atoms with Gasteiger partial charge in [0.2, 0.25) is 0 Å². The minimum Gasteiger partial charge on any atom is -0.350 e. The third-order valence-electron chi connectivity index (χ3n) is 4.42. The fraction of sp³-hybridized carbons (Fsp3) is 0.222. The Bertz CT molecular complexity index is 785. The second kappa shape index (κ2) is 4.98. The van der Waals surface area contributed by atoms with E-state index in [4.69, 9.17) is 0 Å². The summed E-state index contributed by atoms with van der Waals surface area (Å²) in [7, 11) is 0. The Morgan fingerprint density at radius 1 is 1.14 bits per heavy atom. The van der Waals surface area contributed by atoms with Crippen LogP contribution in [-0.2, 0) is 5.41 Å². The first-order valence-electron chi connectivity index (χ1n) is 7.54. The van der Waals surface area contributed by atoms with Gasteiger partial charge in [0, 0.05) is 24.4 Å². The fourth-order valence-electron chi connectivity index (χ4n) is 2.89. The standard InChI is InChI=1S/C18H17N3O/c22-17(15-12-21-11-5-4-8-16(21)20-15)19-13-18(9-10-18)14-6-2-1-3-7-14/h1-8,11-12H,9-10,13H2,(H,19,22). The normalized spacial score (nSPS) is 15.6. The summed E-state index contributed by atoms with van der Waals surface area (Å²) in [5.41, 5.74) is 2.69. The van der Waals surface area contributed by atoms with Crippen molar-refractivity contribution >= 4 is 11.6 Å². The van der Waals surface area contributed by atoms with Crippen molar-refractivity contribution in [1.82, 2.24) is 14.7 Å². The number of fused-ring (bicyclic) bond motifs is 1. The molecule has 0 unspecified atom stereocenters. The van der Waals surface area contributed by atoms with Crippen molar-refractivity contribution in [2.75, 3.05) is 6.54 Å². The van der Waals surface area contributed by atoms with Gasteiger partial charge < -0.3 is 9.72 Å². The molecule has 3 aromatic rings. The second-order valence-corrected chi connectivity index (χ2v) is 5.92. The first-order valence-corrected chi connectivity index (χ1v) is 7.54. The molecule has 4 rings (SSSR count). The number of hydrogen-bond acceptors (Lipinski definition) is 2. The Kier molecular flexibility index (Phi) is 2.96. The molecule has 0 spiro atoms. The Balaban J connectivity index is 1.49. The Morgan fingerprint density at radius 2 is 1.91 bits per heavy atom. The number of imidazole rings is 1. The van der Waals surface area contributed by atoms with E-state index in [9.17, 15) is 4.79 Å². The summed E-state index contributed by atoms with van der Waals surface area (Å²) < 4.78 is 1.86. The molecule has 0 radical (unpaired) electrons. The molecular formula is C18H17N3O. The zero-order valence-electron chi connectivity index (χ0n) is 12.2. The largest absolute Gasteiger partial charge is 0.350 e. The van der Waals surface area contributed by atoms with Gasteiger partial charge in [-0.2, -0.15) is 0 Å². The molecule has 1 aliphatic carbocycles. The molecule has 1 amide bonds. The molecular weight excluding hydrogens is 274 g/mol. The maximum absolute atomic E-state index is 12.3. The molecule has 22 heavy (non-hydrogen) atoms. The maximum atomic E-state index is 12.3. The van der Waals surface area contributed by atoms with Gasteiger partial charge in [-0.25, -0.2) is 4.98 Å². The number of pyridine rings is 1. The predicted octanol–water partition coefficient (Wildman–Crippen LogP) is 2.80. The fourth-order valence-corrected chi connectivity index (χ4v) is 2.89. The second-order valence-electron chi connectivity index (χ2n) is 5.92. The molecule has 1 saturated carbocycles. The highest BCUT2D eigenvalue weighted by atomic mass is 16.1. The maximum Gasteiger partial charge on any atom is 0.271 e. The summed E-state index contributed by atoms with van der Waals surface area (Å²) in [6, 6.07) is 16.1. The van der Waals surface area contributed by atoms with E-state index in [0.29, 0.717) is 12.2 Å². The Labute approximate surface area is 128 Å². The zero-order chi connectivity index (χ0) is 15.0. The van der Waals surface area contributed by atoms with E-state index in [1.807, 2.05) is 34.9 Å². The lowest BCUT2D eigenvalue weighted by Gasteiger charge is -2.16. The van der Waals surface area contributed by atoms with Crippen LogP contribution in [0.25, 0.3) is 5.65 Å². The van der Waals surface area contributed by atoms with Crippen LogP contribution < -0.4 is 5.32 Å². The van der Waals surface area contributed by atoms with E-state index >= 15 is 0 Å². The van der Waals surface area contributed by atoms with Crippen LogP contribution in [0.1, 0.15) is 28.9 Å². The van der Waals surface area contributed by atoms with E-state index in [2.05, 4.69) is 34.6 Å². The zero-order valence-corrected chi connectivity index (χ0v) is 12.2. The van der Waals surface area contributed by atoms with Crippen LogP contribution in [0.4, 0.5) is 0 Å². The third kappa shape index (κ3) is 2.26.